The second-order valence-corrected chi connectivity index (χ2v) is 5.00. The van der Waals surface area contributed by atoms with E-state index in [2.05, 4.69) is 38.4 Å². The van der Waals surface area contributed by atoms with Crippen LogP contribution in [0.1, 0.15) is 35.1 Å². The highest BCUT2D eigenvalue weighted by molar-refractivity contribution is 9.09. The van der Waals surface area contributed by atoms with Gasteiger partial charge in [0.25, 0.3) is 5.91 Å². The average Bonchev–Trinajstić information content (AvgIpc) is 2.28. The minimum atomic E-state index is -0.0894. The van der Waals surface area contributed by atoms with E-state index >= 15 is 0 Å². The van der Waals surface area contributed by atoms with Crippen LogP contribution in [0, 0.1) is 13.8 Å². The summed E-state index contributed by atoms with van der Waals surface area (Å²) < 4.78 is 0. The summed E-state index contributed by atoms with van der Waals surface area (Å²) in [5.74, 6) is -0.0894. The fraction of sp³-hybridized carbons (Fsp3) is 0.545. The Kier molecular flexibility index (Phi) is 4.86. The maximum Gasteiger partial charge on any atom is 0.253 e. The number of hydrogen-bond donors (Lipinski definition) is 1. The van der Waals surface area contributed by atoms with Crippen LogP contribution in [0.4, 0.5) is 0 Å². The molecule has 1 amide bonds. The number of nitrogens with one attached hydrogen (secondary N) is 1. The summed E-state index contributed by atoms with van der Waals surface area (Å²) in [6.07, 6.45) is 0.979. The van der Waals surface area contributed by atoms with Crippen molar-refractivity contribution in [3.05, 3.63) is 23.0 Å². The van der Waals surface area contributed by atoms with E-state index in [4.69, 9.17) is 0 Å². The van der Waals surface area contributed by atoms with Gasteiger partial charge >= 0.3 is 0 Å². The molecule has 0 bridgehead atoms. The van der Waals surface area contributed by atoms with Crippen molar-refractivity contribution in [2.45, 2.75) is 32.0 Å². The molecule has 0 aliphatic rings. The highest BCUT2D eigenvalue weighted by Gasteiger charge is 2.11. The normalized spacial score (nSPS) is 12.2. The molecule has 0 saturated heterocycles. The molecule has 1 aromatic rings. The molecule has 5 heteroatoms. The fourth-order valence-electron chi connectivity index (χ4n) is 1.22. The summed E-state index contributed by atoms with van der Waals surface area (Å²) >= 11 is 3.47. The van der Waals surface area contributed by atoms with Crippen molar-refractivity contribution >= 4 is 21.8 Å². The number of carbonyl (C=O) groups excluding carboxylic acids is 1. The van der Waals surface area contributed by atoms with Crippen molar-refractivity contribution in [3.63, 3.8) is 0 Å². The van der Waals surface area contributed by atoms with Crippen molar-refractivity contribution in [3.8, 4) is 0 Å². The third-order valence-corrected chi connectivity index (χ3v) is 3.24. The Morgan fingerprint density at radius 3 is 2.81 bits per heavy atom. The van der Waals surface area contributed by atoms with Crippen LogP contribution in [0.2, 0.25) is 0 Å². The van der Waals surface area contributed by atoms with Gasteiger partial charge in [-0.2, -0.15) is 10.2 Å². The quantitative estimate of drug-likeness (QED) is 0.861. The van der Waals surface area contributed by atoms with Crippen LogP contribution >= 0.6 is 15.9 Å². The first-order valence-electron chi connectivity index (χ1n) is 5.27. The molecular weight excluding hydrogens is 270 g/mol. The Bertz CT molecular complexity index is 381. The first-order chi connectivity index (χ1) is 7.54. The zero-order valence-electron chi connectivity index (χ0n) is 9.75. The minimum Gasteiger partial charge on any atom is -0.351 e. The van der Waals surface area contributed by atoms with Crippen molar-refractivity contribution in [2.24, 2.45) is 0 Å². The van der Waals surface area contributed by atoms with Gasteiger partial charge in [-0.15, -0.1) is 0 Å². The van der Waals surface area contributed by atoms with Crippen molar-refractivity contribution in [2.75, 3.05) is 6.54 Å². The molecule has 1 N–H and O–H groups in total. The number of nitrogens with zero attached hydrogens (tertiary/aromatic N) is 2. The number of halogens is 1. The molecule has 1 rings (SSSR count). The number of carbonyl (C=O) groups is 1. The molecule has 0 spiro atoms. The number of rotatable bonds is 4. The standard InChI is InChI=1S/C11H16BrN3O/c1-4-9(12)6-13-11(16)10-5-7(2)14-15-8(10)3/h5,9H,4,6H2,1-3H3,(H,13,16). The van der Waals surface area contributed by atoms with Crippen molar-refractivity contribution < 1.29 is 4.79 Å². The number of aromatic nitrogens is 2. The number of hydrogen-bond acceptors (Lipinski definition) is 3. The third kappa shape index (κ3) is 3.56. The van der Waals surface area contributed by atoms with Crippen LogP contribution in [-0.4, -0.2) is 27.5 Å². The van der Waals surface area contributed by atoms with E-state index in [0.29, 0.717) is 22.6 Å². The zero-order valence-corrected chi connectivity index (χ0v) is 11.3. The second kappa shape index (κ2) is 5.94. The van der Waals surface area contributed by atoms with Gasteiger partial charge < -0.3 is 5.32 Å². The summed E-state index contributed by atoms with van der Waals surface area (Å²) in [5, 5.41) is 10.7. The molecule has 1 unspecified atom stereocenters. The summed E-state index contributed by atoms with van der Waals surface area (Å²) in [5.41, 5.74) is 2.01. The lowest BCUT2D eigenvalue weighted by Gasteiger charge is -2.10. The minimum absolute atomic E-state index is 0.0894. The van der Waals surface area contributed by atoms with Gasteiger partial charge in [0.1, 0.15) is 0 Å². The lowest BCUT2D eigenvalue weighted by Crippen LogP contribution is -2.30. The van der Waals surface area contributed by atoms with Crippen LogP contribution < -0.4 is 5.32 Å². The predicted molar refractivity (Wildman–Crippen MR) is 66.8 cm³/mol. The smallest absolute Gasteiger partial charge is 0.253 e. The van der Waals surface area contributed by atoms with E-state index < -0.39 is 0 Å². The van der Waals surface area contributed by atoms with Crippen LogP contribution in [0.3, 0.4) is 0 Å². The van der Waals surface area contributed by atoms with Gasteiger partial charge in [0.15, 0.2) is 0 Å². The van der Waals surface area contributed by atoms with E-state index in [1.165, 1.54) is 0 Å². The van der Waals surface area contributed by atoms with Gasteiger partial charge in [0, 0.05) is 11.4 Å². The van der Waals surface area contributed by atoms with Crippen LogP contribution in [-0.2, 0) is 0 Å². The molecule has 1 heterocycles. The molecule has 0 aromatic carbocycles. The number of amides is 1. The van der Waals surface area contributed by atoms with Gasteiger partial charge in [-0.25, -0.2) is 0 Å². The van der Waals surface area contributed by atoms with Gasteiger partial charge in [-0.05, 0) is 26.3 Å². The Labute approximate surface area is 104 Å². The highest BCUT2D eigenvalue weighted by Crippen LogP contribution is 2.06. The summed E-state index contributed by atoms with van der Waals surface area (Å²) in [6, 6.07) is 1.76. The van der Waals surface area contributed by atoms with Crippen molar-refractivity contribution in [1.29, 1.82) is 0 Å². The molecule has 0 fully saturated rings. The zero-order chi connectivity index (χ0) is 12.1. The maximum absolute atomic E-state index is 11.8. The molecule has 88 valence electrons. The third-order valence-electron chi connectivity index (χ3n) is 2.27. The molecular formula is C11H16BrN3O. The fourth-order valence-corrected chi connectivity index (χ4v) is 1.38. The summed E-state index contributed by atoms with van der Waals surface area (Å²) in [4.78, 5) is 12.2. The highest BCUT2D eigenvalue weighted by atomic mass is 79.9. The number of aryl methyl sites for hydroxylation is 2. The SMILES string of the molecule is CCC(Br)CNC(=O)c1cc(C)nnc1C. The largest absolute Gasteiger partial charge is 0.351 e. The Hall–Kier alpha value is -0.970. The molecule has 0 aliphatic carbocycles. The monoisotopic (exact) mass is 285 g/mol. The van der Waals surface area contributed by atoms with Crippen LogP contribution in [0.25, 0.3) is 0 Å². The topological polar surface area (TPSA) is 54.9 Å². The van der Waals surface area contributed by atoms with Gasteiger partial charge in [0.2, 0.25) is 0 Å². The van der Waals surface area contributed by atoms with Crippen LogP contribution in [0.5, 0.6) is 0 Å². The number of alkyl halides is 1. The van der Waals surface area contributed by atoms with E-state index in [1.54, 1.807) is 13.0 Å². The summed E-state index contributed by atoms with van der Waals surface area (Å²) in [7, 11) is 0. The molecule has 4 nitrogen and oxygen atoms in total. The van der Waals surface area contributed by atoms with E-state index in [1.807, 2.05) is 6.92 Å². The Morgan fingerprint density at radius 1 is 1.50 bits per heavy atom. The van der Waals surface area contributed by atoms with Gasteiger partial charge in [-0.3, -0.25) is 4.79 Å². The first kappa shape index (κ1) is 13.1. The van der Waals surface area contributed by atoms with Crippen LogP contribution in [0.15, 0.2) is 6.07 Å². The summed E-state index contributed by atoms with van der Waals surface area (Å²) in [6.45, 7) is 6.29. The maximum atomic E-state index is 11.8. The lowest BCUT2D eigenvalue weighted by atomic mass is 10.2. The molecule has 1 aromatic heterocycles. The molecule has 16 heavy (non-hydrogen) atoms. The Balaban J connectivity index is 2.69. The Morgan fingerprint density at radius 2 is 2.19 bits per heavy atom. The molecule has 0 aliphatic heterocycles. The predicted octanol–water partition coefficient (Wildman–Crippen LogP) is 2.00. The van der Waals surface area contributed by atoms with E-state index in [-0.39, 0.29) is 5.91 Å². The van der Waals surface area contributed by atoms with E-state index in [9.17, 15) is 4.79 Å². The first-order valence-corrected chi connectivity index (χ1v) is 6.19. The molecule has 0 radical (unpaired) electrons. The van der Waals surface area contributed by atoms with Gasteiger partial charge in [0.05, 0.1) is 17.0 Å². The second-order valence-electron chi connectivity index (χ2n) is 3.70. The molecule has 1 atom stereocenters. The van der Waals surface area contributed by atoms with Crippen molar-refractivity contribution in [1.82, 2.24) is 15.5 Å². The van der Waals surface area contributed by atoms with Gasteiger partial charge in [-0.1, -0.05) is 22.9 Å². The molecule has 0 saturated carbocycles. The van der Waals surface area contributed by atoms with E-state index in [0.717, 1.165) is 12.1 Å². The average molecular weight is 286 g/mol. The lowest BCUT2D eigenvalue weighted by molar-refractivity contribution is 0.0952.